The molecule has 0 fully saturated rings. The Morgan fingerprint density at radius 2 is 1.95 bits per heavy atom. The fourth-order valence-corrected chi connectivity index (χ4v) is 2.68. The Morgan fingerprint density at radius 3 is 2.62 bits per heavy atom. The second kappa shape index (κ2) is 8.96. The normalized spacial score (nSPS) is 12.3. The largest absolute Gasteiger partial charge is 0.314 e. The Bertz CT molecular complexity index is 511. The van der Waals surface area contributed by atoms with Crippen molar-refractivity contribution in [1.82, 2.24) is 10.3 Å². The molecule has 0 spiro atoms. The summed E-state index contributed by atoms with van der Waals surface area (Å²) in [6.45, 7) is 3.29. The molecule has 1 atom stereocenters. The minimum absolute atomic E-state index is 0.520. The van der Waals surface area contributed by atoms with Crippen molar-refractivity contribution in [3.05, 3.63) is 64.4 Å². The summed E-state index contributed by atoms with van der Waals surface area (Å²) in [5, 5.41) is 3.67. The molecule has 0 amide bonds. The molecule has 1 heterocycles. The molecule has 0 bridgehead atoms. The van der Waals surface area contributed by atoms with E-state index in [0.29, 0.717) is 6.04 Å². The lowest BCUT2D eigenvalue weighted by Crippen LogP contribution is -2.32. The predicted molar refractivity (Wildman–Crippen MR) is 92.5 cm³/mol. The van der Waals surface area contributed by atoms with Crippen LogP contribution in [0.5, 0.6) is 0 Å². The number of aryl methyl sites for hydroxylation is 1. The molecule has 0 radical (unpaired) electrons. The highest BCUT2D eigenvalue weighted by Crippen LogP contribution is 2.14. The molecule has 21 heavy (non-hydrogen) atoms. The number of nitrogens with zero attached hydrogens (tertiary/aromatic N) is 1. The van der Waals surface area contributed by atoms with Crippen molar-refractivity contribution in [1.29, 1.82) is 0 Å². The lowest BCUT2D eigenvalue weighted by molar-refractivity contribution is 0.477. The first kappa shape index (κ1) is 16.2. The average Bonchev–Trinajstić information content (AvgIpc) is 2.53. The van der Waals surface area contributed by atoms with Crippen LogP contribution in [-0.2, 0) is 12.8 Å². The number of nitrogens with one attached hydrogen (secondary N) is 1. The average molecular weight is 347 g/mol. The van der Waals surface area contributed by atoms with E-state index in [-0.39, 0.29) is 0 Å². The highest BCUT2D eigenvalue weighted by molar-refractivity contribution is 9.10. The van der Waals surface area contributed by atoms with E-state index in [0.717, 1.165) is 30.3 Å². The number of hydrogen-bond donors (Lipinski definition) is 1. The summed E-state index contributed by atoms with van der Waals surface area (Å²) in [4.78, 5) is 4.19. The third-order valence-corrected chi connectivity index (χ3v) is 4.11. The Hall–Kier alpha value is -1.19. The first-order chi connectivity index (χ1) is 10.3. The van der Waals surface area contributed by atoms with E-state index >= 15 is 0 Å². The molecule has 0 aliphatic carbocycles. The first-order valence-electron chi connectivity index (χ1n) is 7.64. The second-order valence-electron chi connectivity index (χ2n) is 5.38. The van der Waals surface area contributed by atoms with Gasteiger partial charge in [-0.1, -0.05) is 41.1 Å². The quantitative estimate of drug-likeness (QED) is 0.766. The SMILES string of the molecule is CCCNC(CCc1cccnc1)Cc1ccc(Br)cc1. The molecule has 1 unspecified atom stereocenters. The van der Waals surface area contributed by atoms with Gasteiger partial charge in [-0.05, 0) is 61.6 Å². The van der Waals surface area contributed by atoms with Gasteiger partial charge in [-0.2, -0.15) is 0 Å². The molecular weight excluding hydrogens is 324 g/mol. The van der Waals surface area contributed by atoms with Gasteiger partial charge in [-0.3, -0.25) is 4.98 Å². The summed E-state index contributed by atoms with van der Waals surface area (Å²) >= 11 is 3.49. The maximum atomic E-state index is 4.19. The molecular formula is C18H23BrN2. The zero-order chi connectivity index (χ0) is 14.9. The Kier molecular flexibility index (Phi) is 6.90. The van der Waals surface area contributed by atoms with E-state index in [1.165, 1.54) is 17.5 Å². The summed E-state index contributed by atoms with van der Waals surface area (Å²) in [6.07, 6.45) is 8.26. The van der Waals surface area contributed by atoms with Gasteiger partial charge in [0.25, 0.3) is 0 Å². The minimum Gasteiger partial charge on any atom is -0.314 e. The Balaban J connectivity index is 1.92. The summed E-state index contributed by atoms with van der Waals surface area (Å²) in [6, 6.07) is 13.3. The number of hydrogen-bond acceptors (Lipinski definition) is 2. The van der Waals surface area contributed by atoms with Crippen molar-refractivity contribution < 1.29 is 0 Å². The number of pyridine rings is 1. The van der Waals surface area contributed by atoms with E-state index in [1.807, 2.05) is 18.5 Å². The lowest BCUT2D eigenvalue weighted by Gasteiger charge is -2.18. The van der Waals surface area contributed by atoms with Crippen LogP contribution in [0.25, 0.3) is 0 Å². The second-order valence-corrected chi connectivity index (χ2v) is 6.30. The monoisotopic (exact) mass is 346 g/mol. The predicted octanol–water partition coefficient (Wildman–Crippen LogP) is 4.39. The molecule has 0 aliphatic heterocycles. The van der Waals surface area contributed by atoms with Crippen LogP contribution in [0.4, 0.5) is 0 Å². The van der Waals surface area contributed by atoms with Crippen LogP contribution in [0, 0.1) is 0 Å². The van der Waals surface area contributed by atoms with Crippen molar-refractivity contribution in [3.63, 3.8) is 0 Å². The Morgan fingerprint density at radius 1 is 1.14 bits per heavy atom. The molecule has 1 aromatic carbocycles. The first-order valence-corrected chi connectivity index (χ1v) is 8.44. The third kappa shape index (κ3) is 5.98. The van der Waals surface area contributed by atoms with Gasteiger partial charge in [-0.15, -0.1) is 0 Å². The maximum Gasteiger partial charge on any atom is 0.0299 e. The summed E-state index contributed by atoms with van der Waals surface area (Å²) < 4.78 is 1.14. The van der Waals surface area contributed by atoms with Crippen LogP contribution in [0.15, 0.2) is 53.3 Å². The molecule has 2 nitrogen and oxygen atoms in total. The molecule has 1 aromatic heterocycles. The topological polar surface area (TPSA) is 24.9 Å². The number of aromatic nitrogens is 1. The van der Waals surface area contributed by atoms with Crippen LogP contribution in [0.1, 0.15) is 30.9 Å². The fourth-order valence-electron chi connectivity index (χ4n) is 2.42. The molecule has 0 aliphatic rings. The minimum atomic E-state index is 0.520. The van der Waals surface area contributed by atoms with Gasteiger partial charge < -0.3 is 5.32 Å². The van der Waals surface area contributed by atoms with Gasteiger partial charge in [-0.25, -0.2) is 0 Å². The van der Waals surface area contributed by atoms with Crippen molar-refractivity contribution in [2.24, 2.45) is 0 Å². The van der Waals surface area contributed by atoms with Crippen molar-refractivity contribution in [2.45, 2.75) is 38.6 Å². The zero-order valence-electron chi connectivity index (χ0n) is 12.6. The van der Waals surface area contributed by atoms with E-state index in [2.05, 4.69) is 63.5 Å². The van der Waals surface area contributed by atoms with Gasteiger partial charge in [0.1, 0.15) is 0 Å². The molecule has 0 saturated carbocycles. The van der Waals surface area contributed by atoms with Crippen LogP contribution in [0.2, 0.25) is 0 Å². The standard InChI is InChI=1S/C18H23BrN2/c1-2-11-21-18(10-7-16-4-3-12-20-14-16)13-15-5-8-17(19)9-6-15/h3-6,8-9,12,14,18,21H,2,7,10-11,13H2,1H3. The van der Waals surface area contributed by atoms with Crippen LogP contribution in [-0.4, -0.2) is 17.6 Å². The molecule has 0 saturated heterocycles. The van der Waals surface area contributed by atoms with E-state index in [4.69, 9.17) is 0 Å². The van der Waals surface area contributed by atoms with Gasteiger partial charge in [0.2, 0.25) is 0 Å². The van der Waals surface area contributed by atoms with Crippen molar-refractivity contribution in [2.75, 3.05) is 6.54 Å². The smallest absolute Gasteiger partial charge is 0.0299 e. The van der Waals surface area contributed by atoms with Crippen molar-refractivity contribution >= 4 is 15.9 Å². The van der Waals surface area contributed by atoms with Gasteiger partial charge in [0, 0.05) is 22.9 Å². The van der Waals surface area contributed by atoms with Crippen LogP contribution >= 0.6 is 15.9 Å². The molecule has 2 aromatic rings. The molecule has 112 valence electrons. The van der Waals surface area contributed by atoms with Crippen molar-refractivity contribution in [3.8, 4) is 0 Å². The van der Waals surface area contributed by atoms with Crippen LogP contribution < -0.4 is 5.32 Å². The molecule has 1 N–H and O–H groups in total. The van der Waals surface area contributed by atoms with Crippen LogP contribution in [0.3, 0.4) is 0 Å². The van der Waals surface area contributed by atoms with Gasteiger partial charge >= 0.3 is 0 Å². The Labute approximate surface area is 136 Å². The molecule has 2 rings (SSSR count). The highest BCUT2D eigenvalue weighted by Gasteiger charge is 2.09. The molecule has 3 heteroatoms. The zero-order valence-corrected chi connectivity index (χ0v) is 14.1. The lowest BCUT2D eigenvalue weighted by atomic mass is 9.99. The van der Waals surface area contributed by atoms with E-state index in [1.54, 1.807) is 0 Å². The third-order valence-electron chi connectivity index (χ3n) is 3.58. The number of halogens is 1. The maximum absolute atomic E-state index is 4.19. The van der Waals surface area contributed by atoms with Gasteiger partial charge in [0.05, 0.1) is 0 Å². The van der Waals surface area contributed by atoms with Gasteiger partial charge in [0.15, 0.2) is 0 Å². The number of rotatable bonds is 8. The summed E-state index contributed by atoms with van der Waals surface area (Å²) in [5.74, 6) is 0. The van der Waals surface area contributed by atoms with E-state index < -0.39 is 0 Å². The number of benzene rings is 1. The summed E-state index contributed by atoms with van der Waals surface area (Å²) in [5.41, 5.74) is 2.70. The highest BCUT2D eigenvalue weighted by atomic mass is 79.9. The fraction of sp³-hybridized carbons (Fsp3) is 0.389. The van der Waals surface area contributed by atoms with E-state index in [9.17, 15) is 0 Å². The summed E-state index contributed by atoms with van der Waals surface area (Å²) in [7, 11) is 0.